The van der Waals surface area contributed by atoms with Gasteiger partial charge >= 0.3 is 0 Å². The van der Waals surface area contributed by atoms with Gasteiger partial charge in [-0.15, -0.1) is 0 Å². The lowest BCUT2D eigenvalue weighted by Gasteiger charge is -2.37. The third-order valence-corrected chi connectivity index (χ3v) is 12.1. The van der Waals surface area contributed by atoms with Crippen LogP contribution in [-0.2, 0) is 14.8 Å². The van der Waals surface area contributed by atoms with Crippen LogP contribution in [0.4, 0.5) is 17.1 Å². The number of morpholine rings is 1. The molecule has 0 saturated carbocycles. The summed E-state index contributed by atoms with van der Waals surface area (Å²) in [6, 6.07) is 20.1. The summed E-state index contributed by atoms with van der Waals surface area (Å²) in [6.07, 6.45) is 4.01. The lowest BCUT2D eigenvalue weighted by atomic mass is 9.92. The zero-order chi connectivity index (χ0) is 42.4. The Morgan fingerprint density at radius 3 is 2.57 bits per heavy atom. The number of nitrogens with zero attached hydrogens (tertiary/aromatic N) is 4. The smallest absolute Gasteiger partial charge is 0.293 e. The molecule has 1 amide bonds. The molecule has 2 saturated heterocycles. The van der Waals surface area contributed by atoms with E-state index in [9.17, 15) is 23.3 Å². The van der Waals surface area contributed by atoms with Gasteiger partial charge in [0.15, 0.2) is 0 Å². The predicted octanol–water partition coefficient (Wildman–Crippen LogP) is 7.08. The summed E-state index contributed by atoms with van der Waals surface area (Å²) in [5.74, 6) is -0.0205. The van der Waals surface area contributed by atoms with Gasteiger partial charge in [-0.3, -0.25) is 19.8 Å². The molecule has 316 valence electrons. The monoisotopic (exact) mass is 856 g/mol. The average molecular weight is 857 g/mol. The van der Waals surface area contributed by atoms with Crippen molar-refractivity contribution >= 4 is 61.2 Å². The molecule has 15 nitrogen and oxygen atoms in total. The van der Waals surface area contributed by atoms with E-state index in [1.54, 1.807) is 24.4 Å². The molecule has 1 unspecified atom stereocenters. The van der Waals surface area contributed by atoms with Crippen molar-refractivity contribution in [1.82, 2.24) is 24.9 Å². The normalized spacial score (nSPS) is 16.8. The molecule has 0 radical (unpaired) electrons. The van der Waals surface area contributed by atoms with E-state index in [1.807, 2.05) is 18.2 Å². The van der Waals surface area contributed by atoms with Crippen LogP contribution in [0.2, 0.25) is 5.02 Å². The number of rotatable bonds is 15. The second kappa shape index (κ2) is 18.8. The van der Waals surface area contributed by atoms with Crippen LogP contribution in [-0.4, -0.2) is 99.2 Å². The first-order valence-corrected chi connectivity index (χ1v) is 21.8. The van der Waals surface area contributed by atoms with Gasteiger partial charge in [-0.25, -0.2) is 18.1 Å². The molecule has 2 aliphatic rings. The van der Waals surface area contributed by atoms with Crippen molar-refractivity contribution in [3.63, 3.8) is 0 Å². The molecular weight excluding hydrogens is 808 g/mol. The number of benzene rings is 3. The molecule has 5 aromatic rings. The fourth-order valence-electron chi connectivity index (χ4n) is 7.46. The number of allylic oxidation sites excluding steroid dienone is 1. The first kappa shape index (κ1) is 42.6. The number of aromatic nitrogens is 2. The maximum absolute atomic E-state index is 13.9. The molecular formula is C43H49ClN8O7S. The number of hydrogen-bond acceptors (Lipinski definition) is 12. The Bertz CT molecular complexity index is 2480. The van der Waals surface area contributed by atoms with Gasteiger partial charge in [-0.05, 0) is 78.9 Å². The minimum absolute atomic E-state index is 0.0513. The van der Waals surface area contributed by atoms with Crippen LogP contribution >= 0.6 is 11.6 Å². The van der Waals surface area contributed by atoms with Crippen molar-refractivity contribution < 1.29 is 27.6 Å². The number of aromatic amines is 1. The van der Waals surface area contributed by atoms with Gasteiger partial charge in [0, 0.05) is 86.8 Å². The molecule has 17 heteroatoms. The summed E-state index contributed by atoms with van der Waals surface area (Å²) in [5.41, 5.74) is 4.90. The highest BCUT2D eigenvalue weighted by atomic mass is 35.5. The molecule has 7 rings (SSSR count). The number of carbonyl (C=O) groups excluding carboxylic acids is 1. The lowest BCUT2D eigenvalue weighted by Crippen LogP contribution is -2.47. The van der Waals surface area contributed by atoms with Crippen molar-refractivity contribution in [3.05, 3.63) is 117 Å². The van der Waals surface area contributed by atoms with Crippen molar-refractivity contribution in [2.75, 3.05) is 69.2 Å². The Morgan fingerprint density at radius 1 is 1.07 bits per heavy atom. The van der Waals surface area contributed by atoms with Gasteiger partial charge in [0.2, 0.25) is 0 Å². The molecule has 0 spiro atoms. The Balaban J connectivity index is 1.09. The fraction of sp³-hybridized carbons (Fsp3) is 0.349. The van der Waals surface area contributed by atoms with Crippen LogP contribution in [0.1, 0.15) is 43.1 Å². The standard InChI is InChI=1S/C43H49ClN8O7S/c1-28(2)20-38(30-4-6-32(44)7-5-30)29(3)27-50-15-17-51(18-16-50)33-8-10-37(41(22-33)59-34-21-31-12-13-46-42(31)48-25-34)43(53)49-60(56,57)36-9-11-39(40(23-36)52(54)55)47-26-35-24-45-14-19-58-35/h4-13,21-23,25,28,35,45,47H,14-20,24,26-27H2,1-3H3,(H,46,48)(H,49,53). The van der Waals surface area contributed by atoms with Crippen molar-refractivity contribution in [1.29, 1.82) is 0 Å². The molecule has 1 atom stereocenters. The van der Waals surface area contributed by atoms with Crippen LogP contribution in [0, 0.1) is 16.0 Å². The first-order valence-electron chi connectivity index (χ1n) is 19.9. The Kier molecular flexibility index (Phi) is 13.4. The van der Waals surface area contributed by atoms with Crippen LogP contribution < -0.4 is 25.0 Å². The van der Waals surface area contributed by atoms with Gasteiger partial charge < -0.3 is 30.0 Å². The molecule has 2 fully saturated rings. The second-order valence-electron chi connectivity index (χ2n) is 15.4. The highest BCUT2D eigenvalue weighted by molar-refractivity contribution is 7.90. The maximum atomic E-state index is 13.9. The summed E-state index contributed by atoms with van der Waals surface area (Å²) >= 11 is 6.20. The number of H-pyrrole nitrogens is 1. The van der Waals surface area contributed by atoms with Gasteiger partial charge in [0.1, 0.15) is 22.8 Å². The fourth-order valence-corrected chi connectivity index (χ4v) is 8.58. The van der Waals surface area contributed by atoms with Gasteiger partial charge in [-0.1, -0.05) is 43.2 Å². The number of piperazine rings is 1. The number of ether oxygens (including phenoxy) is 2. The Labute approximate surface area is 354 Å². The summed E-state index contributed by atoms with van der Waals surface area (Å²) in [5, 5.41) is 19.7. The van der Waals surface area contributed by atoms with Crippen LogP contribution in [0.25, 0.3) is 16.6 Å². The number of nitrogens with one attached hydrogen (secondary N) is 4. The third-order valence-electron chi connectivity index (χ3n) is 10.6. The number of anilines is 2. The number of halogens is 1. The average Bonchev–Trinajstić information content (AvgIpc) is 3.71. The quantitative estimate of drug-likeness (QED) is 0.0621. The van der Waals surface area contributed by atoms with Crippen molar-refractivity contribution in [2.24, 2.45) is 5.92 Å². The van der Waals surface area contributed by atoms with E-state index in [0.717, 1.165) is 49.7 Å². The van der Waals surface area contributed by atoms with E-state index in [0.29, 0.717) is 48.6 Å². The number of nitro groups is 1. The summed E-state index contributed by atoms with van der Waals surface area (Å²) in [4.78, 5) is 36.9. The third kappa shape index (κ3) is 10.4. The molecule has 4 heterocycles. The largest absolute Gasteiger partial charge is 0.455 e. The van der Waals surface area contributed by atoms with Crippen LogP contribution in [0.3, 0.4) is 0 Å². The minimum atomic E-state index is -4.57. The summed E-state index contributed by atoms with van der Waals surface area (Å²) in [6.45, 7) is 12.6. The Morgan fingerprint density at radius 2 is 1.85 bits per heavy atom. The van der Waals surface area contributed by atoms with Crippen LogP contribution in [0.5, 0.6) is 11.5 Å². The number of fused-ring (bicyclic) bond motifs is 1. The molecule has 4 N–H and O–H groups in total. The van der Waals surface area contributed by atoms with E-state index in [2.05, 4.69) is 68.0 Å². The van der Waals surface area contributed by atoms with E-state index in [1.165, 1.54) is 41.1 Å². The number of nitro benzene ring substituents is 1. The van der Waals surface area contributed by atoms with E-state index in [-0.39, 0.29) is 29.6 Å². The van der Waals surface area contributed by atoms with E-state index < -0.39 is 31.4 Å². The van der Waals surface area contributed by atoms with E-state index in [4.69, 9.17) is 21.1 Å². The predicted molar refractivity (Wildman–Crippen MR) is 234 cm³/mol. The molecule has 0 bridgehead atoms. The number of hydrogen-bond donors (Lipinski definition) is 4. The van der Waals surface area contributed by atoms with Crippen LogP contribution in [0.15, 0.2) is 95.7 Å². The highest BCUT2D eigenvalue weighted by Gasteiger charge is 2.27. The maximum Gasteiger partial charge on any atom is 0.293 e. The molecule has 2 aliphatic heterocycles. The number of amides is 1. The molecule has 3 aromatic carbocycles. The van der Waals surface area contributed by atoms with Crippen molar-refractivity contribution in [3.8, 4) is 11.5 Å². The Hall–Kier alpha value is -5.52. The molecule has 2 aromatic heterocycles. The zero-order valence-electron chi connectivity index (χ0n) is 33.7. The SMILES string of the molecule is CC(CN1CCN(c2ccc(C(=O)NS(=O)(=O)c3ccc(NCC4CNCCO4)c([N+](=O)[O-])c3)c(Oc3cnc4[nH]ccc4c3)c2)CC1)=C(CC(C)C)c1ccc(Cl)cc1. The highest BCUT2D eigenvalue weighted by Crippen LogP contribution is 2.34. The van der Waals surface area contributed by atoms with Crippen molar-refractivity contribution in [2.45, 2.75) is 38.2 Å². The minimum Gasteiger partial charge on any atom is -0.455 e. The van der Waals surface area contributed by atoms with Gasteiger partial charge in [0.25, 0.3) is 21.6 Å². The number of sulfonamides is 1. The summed E-state index contributed by atoms with van der Waals surface area (Å²) < 4.78 is 41.3. The zero-order valence-corrected chi connectivity index (χ0v) is 35.3. The summed E-state index contributed by atoms with van der Waals surface area (Å²) in [7, 11) is -4.57. The molecule has 60 heavy (non-hydrogen) atoms. The second-order valence-corrected chi connectivity index (χ2v) is 17.6. The first-order chi connectivity index (χ1) is 28.8. The lowest BCUT2D eigenvalue weighted by molar-refractivity contribution is -0.384. The van der Waals surface area contributed by atoms with Gasteiger partial charge in [0.05, 0.1) is 34.3 Å². The van der Waals surface area contributed by atoms with Gasteiger partial charge in [-0.2, -0.15) is 0 Å². The topological polar surface area (TPSA) is 184 Å². The number of carbonyl (C=O) groups is 1. The van der Waals surface area contributed by atoms with E-state index >= 15 is 0 Å². The number of pyridine rings is 1. The molecule has 0 aliphatic carbocycles.